The van der Waals surface area contributed by atoms with Gasteiger partial charge in [0.15, 0.2) is 0 Å². The number of nitrogens with zero attached hydrogens (tertiary/aromatic N) is 2. The lowest BCUT2D eigenvalue weighted by Crippen LogP contribution is -2.19. The molecule has 4 rings (SSSR count). The Balaban J connectivity index is 1.91. The maximum Gasteiger partial charge on any atom is 0.280 e. The van der Waals surface area contributed by atoms with Crippen molar-refractivity contribution >= 4 is 11.4 Å². The number of methoxy groups -OCH3 is 1. The van der Waals surface area contributed by atoms with Crippen LogP contribution in [0.2, 0.25) is 0 Å². The summed E-state index contributed by atoms with van der Waals surface area (Å²) in [4.78, 5) is 18.2. The molecule has 0 amide bonds. The number of aryl methyl sites for hydroxylation is 2. The first-order valence-corrected chi connectivity index (χ1v) is 10.2. The van der Waals surface area contributed by atoms with Gasteiger partial charge in [-0.15, -0.1) is 0 Å². The second kappa shape index (κ2) is 8.67. The molecule has 0 spiro atoms. The van der Waals surface area contributed by atoms with E-state index >= 15 is 0 Å². The molecule has 0 bridgehead atoms. The van der Waals surface area contributed by atoms with E-state index in [9.17, 15) is 9.18 Å². The molecule has 0 fully saturated rings. The predicted octanol–water partition coefficient (Wildman–Crippen LogP) is 5.74. The van der Waals surface area contributed by atoms with Gasteiger partial charge in [0, 0.05) is 5.56 Å². The van der Waals surface area contributed by atoms with Crippen molar-refractivity contribution in [2.75, 3.05) is 7.11 Å². The van der Waals surface area contributed by atoms with Gasteiger partial charge in [0.1, 0.15) is 11.6 Å². The van der Waals surface area contributed by atoms with Gasteiger partial charge >= 0.3 is 0 Å². The van der Waals surface area contributed by atoms with Crippen molar-refractivity contribution in [3.63, 3.8) is 0 Å². The molecule has 0 aliphatic carbocycles. The summed E-state index contributed by atoms with van der Waals surface area (Å²) < 4.78 is 20.1. The van der Waals surface area contributed by atoms with E-state index in [1.807, 2.05) is 57.2 Å². The molecule has 4 aromatic rings. The number of benzene rings is 3. The number of hydrogen-bond donors (Lipinski definition) is 1. The fourth-order valence-electron chi connectivity index (χ4n) is 3.78. The molecular formula is C26H24FN3O2. The van der Waals surface area contributed by atoms with E-state index in [1.165, 1.54) is 16.8 Å². The Morgan fingerprint density at radius 2 is 1.59 bits per heavy atom. The van der Waals surface area contributed by atoms with Crippen LogP contribution in [0.4, 0.5) is 10.1 Å². The number of ether oxygens (including phenoxy) is 1. The van der Waals surface area contributed by atoms with Crippen LogP contribution in [0.5, 0.6) is 5.75 Å². The van der Waals surface area contributed by atoms with Crippen LogP contribution in [0.3, 0.4) is 0 Å². The zero-order valence-corrected chi connectivity index (χ0v) is 18.4. The summed E-state index contributed by atoms with van der Waals surface area (Å²) in [5, 5.41) is 3.19. The van der Waals surface area contributed by atoms with Crippen LogP contribution in [0.1, 0.15) is 23.6 Å². The average Bonchev–Trinajstić information content (AvgIpc) is 3.11. The number of halogens is 1. The fourth-order valence-corrected chi connectivity index (χ4v) is 3.78. The molecule has 0 aliphatic heterocycles. The Kier molecular flexibility index (Phi) is 5.77. The van der Waals surface area contributed by atoms with Gasteiger partial charge in [0.2, 0.25) is 0 Å². The molecular weight excluding hydrogens is 405 g/mol. The minimum Gasteiger partial charge on any atom is -0.497 e. The van der Waals surface area contributed by atoms with Crippen molar-refractivity contribution in [1.29, 1.82) is 0 Å². The standard InChI is InChI=1S/C26H24FN3O2/c1-16-13-17(2)15-21(14-16)28-18(3)24-25(19-5-11-23(32-4)12-6-19)29-30(26(24)31)22-9-7-20(27)8-10-22/h5-15,29H,1-4H3. The Morgan fingerprint density at radius 3 is 2.19 bits per heavy atom. The molecule has 0 aliphatic rings. The molecule has 1 N–H and O–H groups in total. The maximum absolute atomic E-state index is 13.5. The lowest BCUT2D eigenvalue weighted by molar-refractivity contribution is 0.415. The molecule has 32 heavy (non-hydrogen) atoms. The lowest BCUT2D eigenvalue weighted by Gasteiger charge is -2.06. The van der Waals surface area contributed by atoms with Gasteiger partial charge in [-0.3, -0.25) is 14.9 Å². The summed E-state index contributed by atoms with van der Waals surface area (Å²) in [6.07, 6.45) is 0. The van der Waals surface area contributed by atoms with Crippen LogP contribution < -0.4 is 10.3 Å². The smallest absolute Gasteiger partial charge is 0.280 e. The van der Waals surface area contributed by atoms with Crippen LogP contribution >= 0.6 is 0 Å². The average molecular weight is 429 g/mol. The van der Waals surface area contributed by atoms with E-state index in [1.54, 1.807) is 19.2 Å². The number of nitrogens with one attached hydrogen (secondary N) is 1. The molecule has 162 valence electrons. The molecule has 1 aromatic heterocycles. The minimum absolute atomic E-state index is 0.256. The van der Waals surface area contributed by atoms with Gasteiger partial charge in [0.25, 0.3) is 5.56 Å². The van der Waals surface area contributed by atoms with E-state index in [2.05, 4.69) is 11.2 Å². The highest BCUT2D eigenvalue weighted by atomic mass is 19.1. The highest BCUT2D eigenvalue weighted by molar-refractivity contribution is 6.04. The molecule has 0 atom stereocenters. The zero-order chi connectivity index (χ0) is 22.8. The van der Waals surface area contributed by atoms with Crippen molar-refractivity contribution in [1.82, 2.24) is 9.78 Å². The largest absolute Gasteiger partial charge is 0.497 e. The fraction of sp³-hybridized carbons (Fsp3) is 0.154. The highest BCUT2D eigenvalue weighted by Gasteiger charge is 2.19. The van der Waals surface area contributed by atoms with E-state index in [0.717, 1.165) is 28.1 Å². The number of rotatable bonds is 5. The van der Waals surface area contributed by atoms with Crippen LogP contribution in [-0.2, 0) is 0 Å². The zero-order valence-electron chi connectivity index (χ0n) is 18.4. The van der Waals surface area contributed by atoms with Gasteiger partial charge in [-0.25, -0.2) is 9.07 Å². The third-order valence-electron chi connectivity index (χ3n) is 5.22. The lowest BCUT2D eigenvalue weighted by atomic mass is 10.0. The highest BCUT2D eigenvalue weighted by Crippen LogP contribution is 2.26. The van der Waals surface area contributed by atoms with E-state index in [0.29, 0.717) is 22.7 Å². The van der Waals surface area contributed by atoms with E-state index in [4.69, 9.17) is 9.73 Å². The van der Waals surface area contributed by atoms with Crippen LogP contribution in [0.25, 0.3) is 16.9 Å². The van der Waals surface area contributed by atoms with Crippen molar-refractivity contribution in [2.24, 2.45) is 4.99 Å². The predicted molar refractivity (Wildman–Crippen MR) is 126 cm³/mol. The summed E-state index contributed by atoms with van der Waals surface area (Å²) in [5.41, 5.74) is 5.76. The maximum atomic E-state index is 13.5. The minimum atomic E-state index is -0.364. The Bertz CT molecular complexity index is 1330. The van der Waals surface area contributed by atoms with E-state index < -0.39 is 0 Å². The topological polar surface area (TPSA) is 59.4 Å². The number of hydrogen-bond acceptors (Lipinski definition) is 3. The van der Waals surface area contributed by atoms with Gasteiger partial charge in [-0.1, -0.05) is 6.07 Å². The molecule has 1 heterocycles. The van der Waals surface area contributed by atoms with Gasteiger partial charge in [-0.2, -0.15) is 0 Å². The Labute approximate surface area is 185 Å². The molecule has 0 radical (unpaired) electrons. The molecule has 5 nitrogen and oxygen atoms in total. The summed E-state index contributed by atoms with van der Waals surface area (Å²) in [6, 6.07) is 19.2. The van der Waals surface area contributed by atoms with Crippen molar-refractivity contribution < 1.29 is 9.13 Å². The number of aromatic nitrogens is 2. The normalized spacial score (nSPS) is 11.6. The van der Waals surface area contributed by atoms with Crippen molar-refractivity contribution in [3.8, 4) is 22.7 Å². The quantitative estimate of drug-likeness (QED) is 0.412. The van der Waals surface area contributed by atoms with Crippen molar-refractivity contribution in [2.45, 2.75) is 20.8 Å². The second-order valence-corrected chi connectivity index (χ2v) is 7.75. The molecule has 6 heteroatoms. The summed E-state index contributed by atoms with van der Waals surface area (Å²) in [5.74, 6) is 0.354. The summed E-state index contributed by atoms with van der Waals surface area (Å²) in [6.45, 7) is 5.86. The Hall–Kier alpha value is -3.93. The molecule has 0 saturated heterocycles. The summed E-state index contributed by atoms with van der Waals surface area (Å²) >= 11 is 0. The van der Waals surface area contributed by atoms with Gasteiger partial charge in [-0.05, 0) is 92.6 Å². The molecule has 3 aromatic carbocycles. The van der Waals surface area contributed by atoms with Crippen LogP contribution in [0.15, 0.2) is 76.5 Å². The first-order valence-electron chi connectivity index (χ1n) is 10.2. The number of aromatic amines is 1. The molecule has 0 saturated carbocycles. The third kappa shape index (κ3) is 4.25. The second-order valence-electron chi connectivity index (χ2n) is 7.75. The van der Waals surface area contributed by atoms with Gasteiger partial charge < -0.3 is 4.74 Å². The van der Waals surface area contributed by atoms with Crippen LogP contribution in [0, 0.1) is 19.7 Å². The third-order valence-corrected chi connectivity index (χ3v) is 5.22. The van der Waals surface area contributed by atoms with Crippen molar-refractivity contribution in [3.05, 3.63) is 99.6 Å². The first kappa shape index (κ1) is 21.3. The first-order chi connectivity index (χ1) is 15.4. The van der Waals surface area contributed by atoms with Crippen LogP contribution in [-0.4, -0.2) is 22.6 Å². The molecule has 0 unspecified atom stereocenters. The van der Waals surface area contributed by atoms with E-state index in [-0.39, 0.29) is 11.4 Å². The Morgan fingerprint density at radius 1 is 0.969 bits per heavy atom. The SMILES string of the molecule is COc1ccc(-c2[nH]n(-c3ccc(F)cc3)c(=O)c2C(C)=Nc2cc(C)cc(C)c2)cc1. The summed E-state index contributed by atoms with van der Waals surface area (Å²) in [7, 11) is 1.61. The number of aliphatic imine (C=N–C) groups is 1. The monoisotopic (exact) mass is 429 g/mol. The van der Waals surface area contributed by atoms with Gasteiger partial charge in [0.05, 0.1) is 35.5 Å². The number of H-pyrrole nitrogens is 1.